The molecule has 5 rings (SSSR count). The highest BCUT2D eigenvalue weighted by molar-refractivity contribution is 7.18. The molecular weight excluding hydrogens is 422 g/mol. The van der Waals surface area contributed by atoms with E-state index in [0.29, 0.717) is 30.3 Å². The Morgan fingerprint density at radius 2 is 1.91 bits per heavy atom. The summed E-state index contributed by atoms with van der Waals surface area (Å²) in [5.74, 6) is 0.274. The fourth-order valence-corrected chi connectivity index (χ4v) is 5.19. The molecule has 0 spiro atoms. The number of para-hydroxylation sites is 1. The van der Waals surface area contributed by atoms with Crippen molar-refractivity contribution in [2.24, 2.45) is 0 Å². The highest BCUT2D eigenvalue weighted by Crippen LogP contribution is 2.34. The number of nitrogens with zero attached hydrogens (tertiary/aromatic N) is 2. The molecule has 3 heterocycles. The summed E-state index contributed by atoms with van der Waals surface area (Å²) in [7, 11) is 0. The Labute approximate surface area is 189 Å². The second kappa shape index (κ2) is 8.59. The molecule has 2 amide bonds. The molecule has 2 aromatic heterocycles. The van der Waals surface area contributed by atoms with Gasteiger partial charge in [-0.1, -0.05) is 18.2 Å². The molecule has 6 nitrogen and oxygen atoms in total. The number of carbonyl (C=O) groups is 2. The van der Waals surface area contributed by atoms with Gasteiger partial charge in [0.25, 0.3) is 11.8 Å². The van der Waals surface area contributed by atoms with Gasteiger partial charge < -0.3 is 14.6 Å². The van der Waals surface area contributed by atoms with Gasteiger partial charge in [0.2, 0.25) is 0 Å². The number of nitrogens with one attached hydrogen (secondary N) is 1. The average Bonchev–Trinajstić information content (AvgIpc) is 3.50. The van der Waals surface area contributed by atoms with Gasteiger partial charge in [0.1, 0.15) is 0 Å². The summed E-state index contributed by atoms with van der Waals surface area (Å²) in [6.45, 7) is 3.29. The van der Waals surface area contributed by atoms with Crippen molar-refractivity contribution in [1.29, 1.82) is 0 Å². The first-order valence-corrected chi connectivity index (χ1v) is 11.5. The van der Waals surface area contributed by atoms with Crippen LogP contribution in [0.2, 0.25) is 0 Å². The normalized spacial score (nSPS) is 14.6. The Bertz CT molecular complexity index is 1240. The van der Waals surface area contributed by atoms with Crippen molar-refractivity contribution in [2.45, 2.75) is 25.7 Å². The third-order valence-corrected chi connectivity index (χ3v) is 7.12. The summed E-state index contributed by atoms with van der Waals surface area (Å²) in [5, 5.41) is 4.01. The van der Waals surface area contributed by atoms with Crippen molar-refractivity contribution in [2.75, 3.05) is 18.4 Å². The van der Waals surface area contributed by atoms with Crippen LogP contribution < -0.4 is 5.32 Å². The zero-order valence-corrected chi connectivity index (χ0v) is 18.5. The van der Waals surface area contributed by atoms with Gasteiger partial charge in [-0.2, -0.15) is 0 Å². The van der Waals surface area contributed by atoms with E-state index in [9.17, 15) is 9.59 Å². The molecule has 32 heavy (non-hydrogen) atoms. The standard InChI is InChI=1S/C25H23N3O3S/c1-16-8-9-18(15-20(16)26-23(29)21-6-4-14-31-21)25(30)28-12-10-17(11-13-28)24-27-19-5-2-3-7-22(19)32-24/h2-9,14-15,17H,10-13H2,1H3,(H,26,29). The molecule has 4 aromatic rings. The predicted octanol–water partition coefficient (Wildman–Crippen LogP) is 5.47. The van der Waals surface area contributed by atoms with Crippen LogP contribution in [-0.2, 0) is 0 Å². The Balaban J connectivity index is 1.26. The van der Waals surface area contributed by atoms with Crippen LogP contribution in [0, 0.1) is 6.92 Å². The smallest absolute Gasteiger partial charge is 0.291 e. The lowest BCUT2D eigenvalue weighted by Crippen LogP contribution is -2.38. The molecule has 1 N–H and O–H groups in total. The summed E-state index contributed by atoms with van der Waals surface area (Å²) in [6, 6.07) is 16.9. The van der Waals surface area contributed by atoms with Gasteiger partial charge in [-0.3, -0.25) is 9.59 Å². The van der Waals surface area contributed by atoms with E-state index in [1.807, 2.05) is 42.2 Å². The number of hydrogen-bond acceptors (Lipinski definition) is 5. The molecule has 1 aliphatic heterocycles. The number of amides is 2. The Kier molecular flexibility index (Phi) is 5.49. The number of carbonyl (C=O) groups excluding carboxylic acids is 2. The molecule has 7 heteroatoms. The highest BCUT2D eigenvalue weighted by Gasteiger charge is 2.27. The zero-order valence-electron chi connectivity index (χ0n) is 17.7. The van der Waals surface area contributed by atoms with E-state index in [0.717, 1.165) is 28.9 Å². The van der Waals surface area contributed by atoms with Crippen LogP contribution in [0.1, 0.15) is 50.2 Å². The SMILES string of the molecule is Cc1ccc(C(=O)N2CCC(c3nc4ccccc4s3)CC2)cc1NC(=O)c1ccco1. The third kappa shape index (κ3) is 4.03. The van der Waals surface area contributed by atoms with Gasteiger partial charge in [0, 0.05) is 30.3 Å². The zero-order chi connectivity index (χ0) is 22.1. The van der Waals surface area contributed by atoms with Gasteiger partial charge >= 0.3 is 0 Å². The maximum absolute atomic E-state index is 13.1. The molecule has 1 fully saturated rings. The molecule has 0 aliphatic carbocycles. The van der Waals surface area contributed by atoms with E-state index in [1.165, 1.54) is 11.0 Å². The highest BCUT2D eigenvalue weighted by atomic mass is 32.1. The van der Waals surface area contributed by atoms with Crippen LogP contribution in [0.15, 0.2) is 65.3 Å². The maximum atomic E-state index is 13.1. The number of hydrogen-bond donors (Lipinski definition) is 1. The molecule has 0 radical (unpaired) electrons. The minimum atomic E-state index is -0.334. The minimum absolute atomic E-state index is 0.0127. The minimum Gasteiger partial charge on any atom is -0.459 e. The molecule has 0 saturated carbocycles. The number of aryl methyl sites for hydroxylation is 1. The number of aromatic nitrogens is 1. The first-order chi connectivity index (χ1) is 15.6. The Morgan fingerprint density at radius 3 is 2.66 bits per heavy atom. The maximum Gasteiger partial charge on any atom is 0.291 e. The largest absolute Gasteiger partial charge is 0.459 e. The number of thiazole rings is 1. The van der Waals surface area contributed by atoms with E-state index < -0.39 is 0 Å². The predicted molar refractivity (Wildman–Crippen MR) is 125 cm³/mol. The lowest BCUT2D eigenvalue weighted by molar-refractivity contribution is 0.0712. The Morgan fingerprint density at radius 1 is 1.09 bits per heavy atom. The van der Waals surface area contributed by atoms with Crippen LogP contribution >= 0.6 is 11.3 Å². The van der Waals surface area contributed by atoms with E-state index in [2.05, 4.69) is 11.4 Å². The molecule has 162 valence electrons. The van der Waals surface area contributed by atoms with E-state index in [-0.39, 0.29) is 17.6 Å². The van der Waals surface area contributed by atoms with Gasteiger partial charge in [-0.05, 0) is 61.7 Å². The molecule has 0 atom stereocenters. The third-order valence-electron chi connectivity index (χ3n) is 5.92. The number of likely N-dealkylation sites (tertiary alicyclic amines) is 1. The van der Waals surface area contributed by atoms with Crippen molar-refractivity contribution in [3.05, 3.63) is 82.8 Å². The number of benzene rings is 2. The molecule has 0 unspecified atom stereocenters. The van der Waals surface area contributed by atoms with Crippen molar-refractivity contribution >= 4 is 39.1 Å². The van der Waals surface area contributed by atoms with Crippen molar-refractivity contribution in [3.63, 3.8) is 0 Å². The fourth-order valence-electron chi connectivity index (χ4n) is 4.06. The van der Waals surface area contributed by atoms with Crippen molar-refractivity contribution < 1.29 is 14.0 Å². The van der Waals surface area contributed by atoms with E-state index in [4.69, 9.17) is 9.40 Å². The summed E-state index contributed by atoms with van der Waals surface area (Å²) < 4.78 is 6.37. The number of rotatable bonds is 4. The summed E-state index contributed by atoms with van der Waals surface area (Å²) in [6.07, 6.45) is 3.26. The second-order valence-corrected chi connectivity index (χ2v) is 9.11. The van der Waals surface area contributed by atoms with Crippen LogP contribution in [0.25, 0.3) is 10.2 Å². The quantitative estimate of drug-likeness (QED) is 0.452. The fraction of sp³-hybridized carbons (Fsp3) is 0.240. The van der Waals surface area contributed by atoms with E-state index >= 15 is 0 Å². The number of fused-ring (bicyclic) bond motifs is 1. The van der Waals surface area contributed by atoms with Gasteiger partial charge in [0.05, 0.1) is 21.5 Å². The molecular formula is C25H23N3O3S. The molecule has 2 aromatic carbocycles. The monoisotopic (exact) mass is 445 g/mol. The second-order valence-electron chi connectivity index (χ2n) is 8.05. The molecule has 0 bridgehead atoms. The lowest BCUT2D eigenvalue weighted by atomic mass is 9.97. The van der Waals surface area contributed by atoms with Gasteiger partial charge in [0.15, 0.2) is 5.76 Å². The topological polar surface area (TPSA) is 75.4 Å². The first kappa shape index (κ1) is 20.5. The lowest BCUT2D eigenvalue weighted by Gasteiger charge is -2.31. The molecule has 1 aliphatic rings. The Hall–Kier alpha value is -3.45. The van der Waals surface area contributed by atoms with Crippen LogP contribution in [0.3, 0.4) is 0 Å². The number of anilines is 1. The van der Waals surface area contributed by atoms with E-state index in [1.54, 1.807) is 29.5 Å². The van der Waals surface area contributed by atoms with Crippen LogP contribution in [0.5, 0.6) is 0 Å². The summed E-state index contributed by atoms with van der Waals surface area (Å²) >= 11 is 1.76. The first-order valence-electron chi connectivity index (χ1n) is 10.7. The van der Waals surface area contributed by atoms with Crippen LogP contribution in [0.4, 0.5) is 5.69 Å². The summed E-state index contributed by atoms with van der Waals surface area (Å²) in [5.41, 5.74) is 3.12. The average molecular weight is 446 g/mol. The van der Waals surface area contributed by atoms with Crippen molar-refractivity contribution in [3.8, 4) is 0 Å². The van der Waals surface area contributed by atoms with Gasteiger partial charge in [-0.15, -0.1) is 11.3 Å². The number of furan rings is 1. The molecule has 1 saturated heterocycles. The number of piperidine rings is 1. The van der Waals surface area contributed by atoms with Gasteiger partial charge in [-0.25, -0.2) is 4.98 Å². The summed E-state index contributed by atoms with van der Waals surface area (Å²) in [4.78, 5) is 32.2. The van der Waals surface area contributed by atoms with Crippen molar-refractivity contribution in [1.82, 2.24) is 9.88 Å². The van der Waals surface area contributed by atoms with Crippen LogP contribution in [-0.4, -0.2) is 34.8 Å².